The van der Waals surface area contributed by atoms with Gasteiger partial charge in [0.2, 0.25) is 5.88 Å². The van der Waals surface area contributed by atoms with Gasteiger partial charge in [0.25, 0.3) is 0 Å². The largest absolute Gasteiger partial charge is 0.435 e. The average molecular weight is 273 g/mol. The van der Waals surface area contributed by atoms with E-state index in [0.29, 0.717) is 17.6 Å². The molecule has 20 heavy (non-hydrogen) atoms. The maximum atomic E-state index is 5.98. The minimum Gasteiger partial charge on any atom is -0.435 e. The molecule has 2 aromatic rings. The molecule has 2 aromatic heterocycles. The first kappa shape index (κ1) is 12.9. The van der Waals surface area contributed by atoms with E-state index >= 15 is 0 Å². The Labute approximate surface area is 118 Å². The van der Waals surface area contributed by atoms with Crippen molar-refractivity contribution in [1.82, 2.24) is 19.7 Å². The van der Waals surface area contributed by atoms with Gasteiger partial charge < -0.3 is 10.5 Å². The van der Waals surface area contributed by atoms with Crippen molar-refractivity contribution in [3.8, 4) is 11.6 Å². The molecule has 0 aliphatic heterocycles. The molecule has 3 rings (SSSR count). The second-order valence-corrected chi connectivity index (χ2v) is 5.40. The first-order valence-corrected chi connectivity index (χ1v) is 6.79. The van der Waals surface area contributed by atoms with E-state index < -0.39 is 0 Å². The van der Waals surface area contributed by atoms with Crippen LogP contribution in [-0.4, -0.2) is 19.7 Å². The molecule has 2 heterocycles. The predicted octanol–water partition coefficient (Wildman–Crippen LogP) is 2.39. The highest BCUT2D eigenvalue weighted by molar-refractivity contribution is 5.47. The highest BCUT2D eigenvalue weighted by Crippen LogP contribution is 2.40. The lowest BCUT2D eigenvalue weighted by Gasteiger charge is -2.11. The van der Waals surface area contributed by atoms with E-state index in [-0.39, 0.29) is 0 Å². The van der Waals surface area contributed by atoms with Gasteiger partial charge in [0.1, 0.15) is 17.3 Å². The van der Waals surface area contributed by atoms with Crippen molar-refractivity contribution < 1.29 is 4.74 Å². The van der Waals surface area contributed by atoms with Gasteiger partial charge in [-0.2, -0.15) is 10.1 Å². The number of hydrogen-bond donors (Lipinski definition) is 1. The van der Waals surface area contributed by atoms with Crippen molar-refractivity contribution in [3.63, 3.8) is 0 Å². The SMILES string of the molecule is Cc1nn(C)c(C)c1Oc1nc(C2CC2)nc(N)c1C. The van der Waals surface area contributed by atoms with Crippen LogP contribution in [-0.2, 0) is 7.05 Å². The van der Waals surface area contributed by atoms with Crippen LogP contribution in [0.5, 0.6) is 11.6 Å². The monoisotopic (exact) mass is 273 g/mol. The minimum absolute atomic E-state index is 0.441. The molecular weight excluding hydrogens is 254 g/mol. The Balaban J connectivity index is 2.01. The number of nitrogens with two attached hydrogens (primary N) is 1. The molecule has 0 bridgehead atoms. The highest BCUT2D eigenvalue weighted by atomic mass is 16.5. The normalized spacial score (nSPS) is 14.6. The Morgan fingerprint density at radius 3 is 2.45 bits per heavy atom. The Hall–Kier alpha value is -2.11. The number of anilines is 1. The smallest absolute Gasteiger partial charge is 0.227 e. The molecule has 6 heteroatoms. The summed E-state index contributed by atoms with van der Waals surface area (Å²) >= 11 is 0. The molecule has 0 amide bonds. The fourth-order valence-corrected chi connectivity index (χ4v) is 2.15. The summed E-state index contributed by atoms with van der Waals surface area (Å²) in [5, 5.41) is 4.35. The van der Waals surface area contributed by atoms with Crippen LogP contribution in [0, 0.1) is 20.8 Å². The summed E-state index contributed by atoms with van der Waals surface area (Å²) in [5.41, 5.74) is 8.55. The second-order valence-electron chi connectivity index (χ2n) is 5.40. The lowest BCUT2D eigenvalue weighted by atomic mass is 10.3. The van der Waals surface area contributed by atoms with Crippen LogP contribution in [0.25, 0.3) is 0 Å². The van der Waals surface area contributed by atoms with E-state index in [1.807, 2.05) is 27.8 Å². The van der Waals surface area contributed by atoms with E-state index in [1.165, 1.54) is 0 Å². The van der Waals surface area contributed by atoms with Gasteiger partial charge in [-0.1, -0.05) is 0 Å². The van der Waals surface area contributed by atoms with Gasteiger partial charge in [0, 0.05) is 13.0 Å². The summed E-state index contributed by atoms with van der Waals surface area (Å²) in [6, 6.07) is 0. The zero-order chi connectivity index (χ0) is 14.4. The van der Waals surface area contributed by atoms with Crippen LogP contribution in [0.3, 0.4) is 0 Å². The van der Waals surface area contributed by atoms with Gasteiger partial charge in [-0.25, -0.2) is 4.98 Å². The molecule has 1 saturated carbocycles. The van der Waals surface area contributed by atoms with Crippen molar-refractivity contribution in [2.24, 2.45) is 7.05 Å². The highest BCUT2D eigenvalue weighted by Gasteiger charge is 2.28. The van der Waals surface area contributed by atoms with Crippen LogP contribution in [0.1, 0.15) is 41.5 Å². The Kier molecular flexibility index (Phi) is 2.88. The molecule has 0 atom stereocenters. The van der Waals surface area contributed by atoms with Crippen LogP contribution < -0.4 is 10.5 Å². The lowest BCUT2D eigenvalue weighted by molar-refractivity contribution is 0.447. The molecule has 0 radical (unpaired) electrons. The number of aryl methyl sites for hydroxylation is 2. The molecule has 106 valence electrons. The molecule has 2 N–H and O–H groups in total. The van der Waals surface area contributed by atoms with E-state index in [0.717, 1.165) is 41.4 Å². The molecule has 0 aromatic carbocycles. The maximum absolute atomic E-state index is 5.98. The topological polar surface area (TPSA) is 78.8 Å². The van der Waals surface area contributed by atoms with Gasteiger partial charge in [0.15, 0.2) is 5.75 Å². The molecule has 0 saturated heterocycles. The number of nitrogens with zero attached hydrogens (tertiary/aromatic N) is 4. The van der Waals surface area contributed by atoms with Crippen molar-refractivity contribution in [2.75, 3.05) is 5.73 Å². The van der Waals surface area contributed by atoms with E-state index in [4.69, 9.17) is 10.5 Å². The van der Waals surface area contributed by atoms with Crippen LogP contribution in [0.4, 0.5) is 5.82 Å². The Bertz CT molecular complexity index is 673. The predicted molar refractivity (Wildman–Crippen MR) is 75.9 cm³/mol. The second kappa shape index (κ2) is 4.47. The molecule has 1 fully saturated rings. The number of hydrogen-bond acceptors (Lipinski definition) is 5. The quantitative estimate of drug-likeness (QED) is 0.928. The number of nitrogen functional groups attached to an aromatic ring is 1. The van der Waals surface area contributed by atoms with Gasteiger partial charge >= 0.3 is 0 Å². The van der Waals surface area contributed by atoms with Gasteiger partial charge in [-0.05, 0) is 33.6 Å². The third kappa shape index (κ3) is 2.11. The molecular formula is C14H19N5O. The molecule has 0 spiro atoms. The zero-order valence-electron chi connectivity index (χ0n) is 12.3. The fraction of sp³-hybridized carbons (Fsp3) is 0.500. The summed E-state index contributed by atoms with van der Waals surface area (Å²) in [6.45, 7) is 5.77. The van der Waals surface area contributed by atoms with Crippen LogP contribution in [0.15, 0.2) is 0 Å². The average Bonchev–Trinajstić information content (AvgIpc) is 3.20. The third-order valence-corrected chi connectivity index (χ3v) is 3.74. The fourth-order valence-electron chi connectivity index (χ4n) is 2.15. The summed E-state index contributed by atoms with van der Waals surface area (Å²) in [4.78, 5) is 8.88. The van der Waals surface area contributed by atoms with E-state index in [2.05, 4.69) is 15.1 Å². The Morgan fingerprint density at radius 1 is 1.20 bits per heavy atom. The summed E-state index contributed by atoms with van der Waals surface area (Å²) < 4.78 is 7.77. The maximum Gasteiger partial charge on any atom is 0.227 e. The zero-order valence-corrected chi connectivity index (χ0v) is 12.3. The molecule has 0 unspecified atom stereocenters. The number of aromatic nitrogens is 4. The summed E-state index contributed by atoms with van der Waals surface area (Å²) in [7, 11) is 1.89. The summed E-state index contributed by atoms with van der Waals surface area (Å²) in [5.74, 6) is 3.02. The van der Waals surface area contributed by atoms with Crippen molar-refractivity contribution in [3.05, 3.63) is 22.8 Å². The first-order chi connectivity index (χ1) is 9.47. The van der Waals surface area contributed by atoms with Gasteiger partial charge in [-0.15, -0.1) is 0 Å². The van der Waals surface area contributed by atoms with Gasteiger partial charge in [0.05, 0.1) is 11.3 Å². The number of rotatable bonds is 3. The molecule has 6 nitrogen and oxygen atoms in total. The molecule has 1 aliphatic rings. The summed E-state index contributed by atoms with van der Waals surface area (Å²) in [6.07, 6.45) is 2.26. The Morgan fingerprint density at radius 2 is 1.90 bits per heavy atom. The van der Waals surface area contributed by atoms with Crippen LogP contribution >= 0.6 is 0 Å². The first-order valence-electron chi connectivity index (χ1n) is 6.79. The third-order valence-electron chi connectivity index (χ3n) is 3.74. The standard InChI is InChI=1S/C14H19N5O/c1-7-12(15)16-13(10-5-6-10)17-14(7)20-11-8(2)18-19(4)9(11)3/h10H,5-6H2,1-4H3,(H2,15,16,17). The number of ether oxygens (including phenoxy) is 1. The molecule has 1 aliphatic carbocycles. The minimum atomic E-state index is 0.441. The van der Waals surface area contributed by atoms with E-state index in [1.54, 1.807) is 4.68 Å². The lowest BCUT2D eigenvalue weighted by Crippen LogP contribution is -2.04. The van der Waals surface area contributed by atoms with Crippen LogP contribution in [0.2, 0.25) is 0 Å². The van der Waals surface area contributed by atoms with Crippen molar-refractivity contribution >= 4 is 5.82 Å². The van der Waals surface area contributed by atoms with Gasteiger partial charge in [-0.3, -0.25) is 4.68 Å². The van der Waals surface area contributed by atoms with E-state index in [9.17, 15) is 0 Å². The van der Waals surface area contributed by atoms with Crippen molar-refractivity contribution in [2.45, 2.75) is 39.5 Å². The van der Waals surface area contributed by atoms with Crippen molar-refractivity contribution in [1.29, 1.82) is 0 Å².